The first kappa shape index (κ1) is 8.05. The fourth-order valence-electron chi connectivity index (χ4n) is 2.21. The summed E-state index contributed by atoms with van der Waals surface area (Å²) in [5.41, 5.74) is 0. The molecule has 2 rings (SSSR count). The Kier molecular flexibility index (Phi) is 2.05. The van der Waals surface area contributed by atoms with E-state index in [4.69, 9.17) is 5.11 Å². The highest BCUT2D eigenvalue weighted by atomic mass is 16.4. The Hall–Kier alpha value is -0.570. The second-order valence-electron chi connectivity index (χ2n) is 3.82. The largest absolute Gasteiger partial charge is 0.480 e. The maximum absolute atomic E-state index is 10.8. The van der Waals surface area contributed by atoms with Crippen LogP contribution in [0.5, 0.6) is 0 Å². The zero-order chi connectivity index (χ0) is 8.55. The number of hydrogen-bond donors (Lipinski definition) is 1. The molecule has 3 heteroatoms. The lowest BCUT2D eigenvalue weighted by Gasteiger charge is -2.37. The lowest BCUT2D eigenvalue weighted by Crippen LogP contribution is -2.46. The van der Waals surface area contributed by atoms with Gasteiger partial charge in [0, 0.05) is 6.04 Å². The third-order valence-corrected chi connectivity index (χ3v) is 3.12. The van der Waals surface area contributed by atoms with Crippen molar-refractivity contribution >= 4 is 5.97 Å². The van der Waals surface area contributed by atoms with Gasteiger partial charge in [-0.25, -0.2) is 0 Å². The van der Waals surface area contributed by atoms with E-state index in [1.165, 1.54) is 19.3 Å². The molecule has 0 aromatic rings. The molecule has 68 valence electrons. The van der Waals surface area contributed by atoms with Crippen molar-refractivity contribution in [3.63, 3.8) is 0 Å². The first-order valence-corrected chi connectivity index (χ1v) is 4.77. The third-order valence-electron chi connectivity index (χ3n) is 3.12. The van der Waals surface area contributed by atoms with E-state index >= 15 is 0 Å². The zero-order valence-corrected chi connectivity index (χ0v) is 7.20. The van der Waals surface area contributed by atoms with E-state index in [2.05, 4.69) is 4.90 Å². The van der Waals surface area contributed by atoms with E-state index < -0.39 is 5.97 Å². The van der Waals surface area contributed by atoms with Crippen molar-refractivity contribution in [2.75, 3.05) is 6.54 Å². The van der Waals surface area contributed by atoms with Crippen LogP contribution in [0, 0.1) is 0 Å². The molecule has 0 aromatic carbocycles. The molecule has 0 aromatic heterocycles. The molecule has 0 radical (unpaired) electrons. The minimum absolute atomic E-state index is 0.171. The van der Waals surface area contributed by atoms with Crippen molar-refractivity contribution in [3.05, 3.63) is 0 Å². The van der Waals surface area contributed by atoms with Gasteiger partial charge in [-0.15, -0.1) is 0 Å². The number of rotatable bonds is 2. The SMILES string of the molecule is O=C(O)C1CCCN1C1CCC1. The molecule has 0 amide bonds. The van der Waals surface area contributed by atoms with Crippen LogP contribution in [0.4, 0.5) is 0 Å². The lowest BCUT2D eigenvalue weighted by molar-refractivity contribution is -0.143. The summed E-state index contributed by atoms with van der Waals surface area (Å²) in [4.78, 5) is 13.0. The second kappa shape index (κ2) is 3.05. The van der Waals surface area contributed by atoms with Gasteiger partial charge in [-0.2, -0.15) is 0 Å². The van der Waals surface area contributed by atoms with Gasteiger partial charge in [0.15, 0.2) is 0 Å². The zero-order valence-electron chi connectivity index (χ0n) is 7.20. The Bertz CT molecular complexity index is 189. The van der Waals surface area contributed by atoms with Crippen molar-refractivity contribution in [1.29, 1.82) is 0 Å². The maximum atomic E-state index is 10.8. The summed E-state index contributed by atoms with van der Waals surface area (Å²) in [6.07, 6.45) is 5.63. The monoisotopic (exact) mass is 169 g/mol. The van der Waals surface area contributed by atoms with Crippen LogP contribution in [-0.2, 0) is 4.79 Å². The van der Waals surface area contributed by atoms with E-state index in [1.54, 1.807) is 0 Å². The van der Waals surface area contributed by atoms with E-state index in [9.17, 15) is 4.79 Å². The third kappa shape index (κ3) is 1.22. The minimum atomic E-state index is -0.626. The predicted octanol–water partition coefficient (Wildman–Crippen LogP) is 1.09. The predicted molar refractivity (Wildman–Crippen MR) is 45.0 cm³/mol. The first-order chi connectivity index (χ1) is 5.79. The summed E-state index contributed by atoms with van der Waals surface area (Å²) in [7, 11) is 0. The van der Waals surface area contributed by atoms with Crippen LogP contribution in [0.15, 0.2) is 0 Å². The number of carbonyl (C=O) groups is 1. The number of hydrogen-bond acceptors (Lipinski definition) is 2. The van der Waals surface area contributed by atoms with Crippen LogP contribution < -0.4 is 0 Å². The Morgan fingerprint density at radius 1 is 1.25 bits per heavy atom. The van der Waals surface area contributed by atoms with E-state index in [1.807, 2.05) is 0 Å². The molecule has 1 aliphatic carbocycles. The molecule has 1 saturated heterocycles. The van der Waals surface area contributed by atoms with Crippen molar-refractivity contribution in [2.24, 2.45) is 0 Å². The Labute approximate surface area is 72.4 Å². The molecule has 1 aliphatic heterocycles. The highest BCUT2D eigenvalue weighted by Gasteiger charge is 2.37. The lowest BCUT2D eigenvalue weighted by atomic mass is 9.91. The van der Waals surface area contributed by atoms with Crippen molar-refractivity contribution in [2.45, 2.75) is 44.2 Å². The fraction of sp³-hybridized carbons (Fsp3) is 0.889. The van der Waals surface area contributed by atoms with Crippen LogP contribution in [0.25, 0.3) is 0 Å². The fourth-order valence-corrected chi connectivity index (χ4v) is 2.21. The van der Waals surface area contributed by atoms with Gasteiger partial charge >= 0.3 is 5.97 Å². The molecule has 1 N–H and O–H groups in total. The molecule has 3 nitrogen and oxygen atoms in total. The molecule has 0 bridgehead atoms. The quantitative estimate of drug-likeness (QED) is 0.672. The van der Waals surface area contributed by atoms with Gasteiger partial charge < -0.3 is 5.11 Å². The standard InChI is InChI=1S/C9H15NO2/c11-9(12)8-5-2-6-10(8)7-3-1-4-7/h7-8H,1-6H2,(H,11,12). The number of nitrogens with zero attached hydrogens (tertiary/aromatic N) is 1. The molecular weight excluding hydrogens is 154 g/mol. The van der Waals surface area contributed by atoms with Gasteiger partial charge in [0.2, 0.25) is 0 Å². The highest BCUT2D eigenvalue weighted by Crippen LogP contribution is 2.31. The smallest absolute Gasteiger partial charge is 0.320 e. The Morgan fingerprint density at radius 2 is 2.00 bits per heavy atom. The second-order valence-corrected chi connectivity index (χ2v) is 3.82. The molecule has 1 heterocycles. The van der Waals surface area contributed by atoms with Gasteiger partial charge in [-0.3, -0.25) is 9.69 Å². The molecule has 0 spiro atoms. The molecular formula is C9H15NO2. The number of aliphatic carboxylic acids is 1. The molecule has 2 fully saturated rings. The normalized spacial score (nSPS) is 31.8. The van der Waals surface area contributed by atoms with Gasteiger partial charge in [0.25, 0.3) is 0 Å². The summed E-state index contributed by atoms with van der Waals surface area (Å²) < 4.78 is 0. The van der Waals surface area contributed by atoms with Crippen LogP contribution in [0.2, 0.25) is 0 Å². The van der Waals surface area contributed by atoms with E-state index in [-0.39, 0.29) is 6.04 Å². The van der Waals surface area contributed by atoms with E-state index in [0.717, 1.165) is 19.4 Å². The van der Waals surface area contributed by atoms with Gasteiger partial charge in [0.05, 0.1) is 0 Å². The summed E-state index contributed by atoms with van der Waals surface area (Å²) in [5, 5.41) is 8.91. The Morgan fingerprint density at radius 3 is 2.50 bits per heavy atom. The summed E-state index contributed by atoms with van der Waals surface area (Å²) in [5.74, 6) is -0.626. The van der Waals surface area contributed by atoms with Gasteiger partial charge in [0.1, 0.15) is 6.04 Å². The summed E-state index contributed by atoms with van der Waals surface area (Å²) in [6, 6.07) is 0.420. The van der Waals surface area contributed by atoms with Gasteiger partial charge in [-0.1, -0.05) is 6.42 Å². The van der Waals surface area contributed by atoms with Gasteiger partial charge in [-0.05, 0) is 32.2 Å². The molecule has 1 atom stereocenters. The topological polar surface area (TPSA) is 40.5 Å². The van der Waals surface area contributed by atoms with E-state index in [0.29, 0.717) is 6.04 Å². The van der Waals surface area contributed by atoms with Crippen LogP contribution in [0.3, 0.4) is 0 Å². The molecule has 1 unspecified atom stereocenters. The molecule has 2 aliphatic rings. The summed E-state index contributed by atoms with van der Waals surface area (Å²) in [6.45, 7) is 1.00. The van der Waals surface area contributed by atoms with Crippen molar-refractivity contribution in [3.8, 4) is 0 Å². The maximum Gasteiger partial charge on any atom is 0.320 e. The average molecular weight is 169 g/mol. The Balaban J connectivity index is 1.98. The minimum Gasteiger partial charge on any atom is -0.480 e. The van der Waals surface area contributed by atoms with Crippen LogP contribution in [-0.4, -0.2) is 34.6 Å². The molecule has 1 saturated carbocycles. The van der Waals surface area contributed by atoms with Crippen LogP contribution in [0.1, 0.15) is 32.1 Å². The van der Waals surface area contributed by atoms with Crippen LogP contribution >= 0.6 is 0 Å². The summed E-state index contributed by atoms with van der Waals surface area (Å²) >= 11 is 0. The van der Waals surface area contributed by atoms with Crippen molar-refractivity contribution < 1.29 is 9.90 Å². The first-order valence-electron chi connectivity index (χ1n) is 4.77. The highest BCUT2D eigenvalue weighted by molar-refractivity contribution is 5.73. The average Bonchev–Trinajstić information content (AvgIpc) is 2.31. The number of carboxylic acid groups (broad SMARTS) is 1. The van der Waals surface area contributed by atoms with Crippen molar-refractivity contribution in [1.82, 2.24) is 4.90 Å². The molecule has 12 heavy (non-hydrogen) atoms. The number of likely N-dealkylation sites (tertiary alicyclic amines) is 1. The number of carboxylic acids is 1.